The number of benzene rings is 2. The van der Waals surface area contributed by atoms with Crippen LogP contribution in [0, 0.1) is 0 Å². The van der Waals surface area contributed by atoms with E-state index in [1.165, 1.54) is 0 Å². The molecule has 136 valence electrons. The Balaban J connectivity index is 1.72. The van der Waals surface area contributed by atoms with Gasteiger partial charge in [0.25, 0.3) is 0 Å². The molecule has 1 heterocycles. The van der Waals surface area contributed by atoms with Gasteiger partial charge in [-0.1, -0.05) is 36.4 Å². The molecule has 3 rings (SSSR count). The second-order valence-electron chi connectivity index (χ2n) is 7.36. The van der Waals surface area contributed by atoms with E-state index < -0.39 is 5.60 Å². The van der Waals surface area contributed by atoms with Crippen LogP contribution in [-0.4, -0.2) is 29.7 Å². The highest BCUT2D eigenvalue weighted by Crippen LogP contribution is 2.27. The Labute approximate surface area is 155 Å². The van der Waals surface area contributed by atoms with Crippen LogP contribution in [0.2, 0.25) is 0 Å². The normalized spacial score (nSPS) is 14.6. The number of amides is 1. The van der Waals surface area contributed by atoms with Gasteiger partial charge in [0.1, 0.15) is 17.1 Å². The number of rotatable bonds is 3. The minimum atomic E-state index is -0.484. The van der Waals surface area contributed by atoms with E-state index in [9.17, 15) is 4.79 Å². The van der Waals surface area contributed by atoms with E-state index in [0.29, 0.717) is 13.1 Å². The highest BCUT2D eigenvalue weighted by molar-refractivity contribution is 5.75. The van der Waals surface area contributed by atoms with Gasteiger partial charge in [0.2, 0.25) is 0 Å². The molecule has 0 saturated heterocycles. The highest BCUT2D eigenvalue weighted by Gasteiger charge is 2.24. The summed E-state index contributed by atoms with van der Waals surface area (Å²) in [4.78, 5) is 14.1. The molecule has 0 spiro atoms. The molecule has 0 N–H and O–H groups in total. The summed E-state index contributed by atoms with van der Waals surface area (Å²) in [6.45, 7) is 6.88. The van der Waals surface area contributed by atoms with Gasteiger partial charge in [0, 0.05) is 13.1 Å². The maximum atomic E-state index is 12.4. The van der Waals surface area contributed by atoms with Crippen LogP contribution >= 0.6 is 0 Å². The molecule has 0 bridgehead atoms. The first-order valence-corrected chi connectivity index (χ1v) is 8.91. The van der Waals surface area contributed by atoms with Crippen LogP contribution in [0.25, 0.3) is 5.57 Å². The Bertz CT molecular complexity index is 791. The lowest BCUT2D eigenvalue weighted by Crippen LogP contribution is -2.39. The smallest absolute Gasteiger partial charge is 0.410 e. The summed E-state index contributed by atoms with van der Waals surface area (Å²) < 4.78 is 11.4. The van der Waals surface area contributed by atoms with E-state index in [2.05, 4.69) is 6.08 Å². The Morgan fingerprint density at radius 3 is 2.46 bits per heavy atom. The average Bonchev–Trinajstić information content (AvgIpc) is 2.61. The van der Waals surface area contributed by atoms with Crippen LogP contribution < -0.4 is 4.74 Å². The number of para-hydroxylation sites is 1. The zero-order chi connectivity index (χ0) is 18.6. The largest absolute Gasteiger partial charge is 0.457 e. The molecule has 1 aliphatic heterocycles. The lowest BCUT2D eigenvalue weighted by Gasteiger charge is -2.30. The molecular formula is C22H25NO3. The standard InChI is InChI=1S/C22H25NO3/c1-22(2,3)26-21(24)23-14-8-10-18(16-23)17-9-7-13-20(15-17)25-19-11-5-4-6-12-19/h4-7,9-13,15H,8,14,16H2,1-3H3. The van der Waals surface area contributed by atoms with Crippen molar-refractivity contribution in [2.24, 2.45) is 0 Å². The second kappa shape index (κ2) is 7.65. The third kappa shape index (κ3) is 4.88. The topological polar surface area (TPSA) is 38.8 Å². The van der Waals surface area contributed by atoms with E-state index in [-0.39, 0.29) is 6.09 Å². The van der Waals surface area contributed by atoms with E-state index in [0.717, 1.165) is 29.1 Å². The quantitative estimate of drug-likeness (QED) is 0.732. The minimum Gasteiger partial charge on any atom is -0.457 e. The van der Waals surface area contributed by atoms with Gasteiger partial charge in [-0.05, 0) is 62.6 Å². The van der Waals surface area contributed by atoms with Crippen molar-refractivity contribution in [1.82, 2.24) is 4.90 Å². The van der Waals surface area contributed by atoms with Crippen molar-refractivity contribution in [3.05, 3.63) is 66.2 Å². The summed E-state index contributed by atoms with van der Waals surface area (Å²) in [6, 6.07) is 17.7. The van der Waals surface area contributed by atoms with Crippen LogP contribution in [0.15, 0.2) is 60.7 Å². The Kier molecular flexibility index (Phi) is 5.31. The minimum absolute atomic E-state index is 0.264. The molecule has 0 fully saturated rings. The van der Waals surface area contributed by atoms with Crippen molar-refractivity contribution in [2.75, 3.05) is 13.1 Å². The fraction of sp³-hybridized carbons (Fsp3) is 0.318. The summed E-state index contributed by atoms with van der Waals surface area (Å²) in [5.41, 5.74) is 1.69. The number of hydrogen-bond acceptors (Lipinski definition) is 3. The number of hydrogen-bond donors (Lipinski definition) is 0. The Hall–Kier alpha value is -2.75. The molecule has 4 nitrogen and oxygen atoms in total. The third-order valence-electron chi connectivity index (χ3n) is 3.99. The number of nitrogens with zero attached hydrogens (tertiary/aromatic N) is 1. The van der Waals surface area contributed by atoms with Crippen molar-refractivity contribution < 1.29 is 14.3 Å². The third-order valence-corrected chi connectivity index (χ3v) is 3.99. The molecule has 0 atom stereocenters. The van der Waals surface area contributed by atoms with E-state index in [1.807, 2.05) is 75.4 Å². The number of carbonyl (C=O) groups is 1. The maximum absolute atomic E-state index is 12.4. The first-order valence-electron chi connectivity index (χ1n) is 8.91. The molecular weight excluding hydrogens is 326 g/mol. The molecule has 26 heavy (non-hydrogen) atoms. The molecule has 0 aromatic heterocycles. The molecule has 0 unspecified atom stereocenters. The van der Waals surface area contributed by atoms with Gasteiger partial charge in [-0.2, -0.15) is 0 Å². The highest BCUT2D eigenvalue weighted by atomic mass is 16.6. The lowest BCUT2D eigenvalue weighted by atomic mass is 10.0. The van der Waals surface area contributed by atoms with Crippen molar-refractivity contribution in [3.8, 4) is 11.5 Å². The van der Waals surface area contributed by atoms with Crippen LogP contribution in [-0.2, 0) is 4.74 Å². The van der Waals surface area contributed by atoms with Crippen molar-refractivity contribution >= 4 is 11.7 Å². The van der Waals surface area contributed by atoms with Gasteiger partial charge in [-0.25, -0.2) is 4.79 Å². The summed E-state index contributed by atoms with van der Waals surface area (Å²) in [7, 11) is 0. The van der Waals surface area contributed by atoms with Gasteiger partial charge in [0.05, 0.1) is 0 Å². The van der Waals surface area contributed by atoms with Crippen molar-refractivity contribution in [1.29, 1.82) is 0 Å². The first-order chi connectivity index (χ1) is 12.4. The fourth-order valence-electron chi connectivity index (χ4n) is 2.82. The van der Waals surface area contributed by atoms with Crippen molar-refractivity contribution in [3.63, 3.8) is 0 Å². The molecule has 0 radical (unpaired) electrons. The molecule has 1 amide bonds. The van der Waals surface area contributed by atoms with E-state index in [1.54, 1.807) is 4.90 Å². The first kappa shape index (κ1) is 18.1. The van der Waals surface area contributed by atoms with E-state index >= 15 is 0 Å². The van der Waals surface area contributed by atoms with Crippen LogP contribution in [0.4, 0.5) is 4.79 Å². The SMILES string of the molecule is CC(C)(C)OC(=O)N1CCC=C(c2cccc(Oc3ccccc3)c2)C1. The molecule has 0 saturated carbocycles. The maximum Gasteiger partial charge on any atom is 0.410 e. The zero-order valence-corrected chi connectivity index (χ0v) is 15.6. The van der Waals surface area contributed by atoms with Gasteiger partial charge in [0.15, 0.2) is 0 Å². The monoisotopic (exact) mass is 351 g/mol. The molecule has 4 heteroatoms. The Morgan fingerprint density at radius 2 is 1.73 bits per heavy atom. The Morgan fingerprint density at radius 1 is 1.00 bits per heavy atom. The summed E-state index contributed by atoms with van der Waals surface area (Å²) >= 11 is 0. The zero-order valence-electron chi connectivity index (χ0n) is 15.6. The summed E-state index contributed by atoms with van der Waals surface area (Å²) in [6.07, 6.45) is 2.74. The van der Waals surface area contributed by atoms with Gasteiger partial charge < -0.3 is 14.4 Å². The fourth-order valence-corrected chi connectivity index (χ4v) is 2.82. The van der Waals surface area contributed by atoms with Gasteiger partial charge in [-0.3, -0.25) is 0 Å². The average molecular weight is 351 g/mol. The van der Waals surface area contributed by atoms with E-state index in [4.69, 9.17) is 9.47 Å². The molecule has 0 aliphatic carbocycles. The predicted molar refractivity (Wildman–Crippen MR) is 103 cm³/mol. The molecule has 2 aromatic carbocycles. The molecule has 1 aliphatic rings. The molecule has 2 aromatic rings. The second-order valence-corrected chi connectivity index (χ2v) is 7.36. The van der Waals surface area contributed by atoms with Crippen LogP contribution in [0.5, 0.6) is 11.5 Å². The predicted octanol–water partition coefficient (Wildman–Crippen LogP) is 5.50. The van der Waals surface area contributed by atoms with Crippen LogP contribution in [0.3, 0.4) is 0 Å². The lowest BCUT2D eigenvalue weighted by molar-refractivity contribution is 0.0273. The summed E-state index contributed by atoms with van der Waals surface area (Å²) in [5, 5.41) is 0. The van der Waals surface area contributed by atoms with Crippen LogP contribution in [0.1, 0.15) is 32.8 Å². The number of carbonyl (C=O) groups excluding carboxylic acids is 1. The summed E-state index contributed by atoms with van der Waals surface area (Å²) in [5.74, 6) is 1.58. The van der Waals surface area contributed by atoms with Gasteiger partial charge >= 0.3 is 6.09 Å². The van der Waals surface area contributed by atoms with Crippen molar-refractivity contribution in [2.45, 2.75) is 32.8 Å². The number of ether oxygens (including phenoxy) is 2. The van der Waals surface area contributed by atoms with Gasteiger partial charge in [-0.15, -0.1) is 0 Å².